The Balaban J connectivity index is 1.48. The fraction of sp³-hybridized carbons (Fsp3) is 0.258. The molecule has 1 saturated carbocycles. The van der Waals surface area contributed by atoms with Gasteiger partial charge < -0.3 is 15.4 Å². The summed E-state index contributed by atoms with van der Waals surface area (Å²) in [4.78, 5) is 38.3. The lowest BCUT2D eigenvalue weighted by molar-refractivity contribution is -0.110. The summed E-state index contributed by atoms with van der Waals surface area (Å²) in [6.07, 6.45) is 5.39. The van der Waals surface area contributed by atoms with Crippen molar-refractivity contribution in [3.63, 3.8) is 0 Å². The van der Waals surface area contributed by atoms with Crippen LogP contribution in [-0.2, 0) is 9.53 Å². The van der Waals surface area contributed by atoms with Crippen LogP contribution < -0.4 is 10.6 Å². The summed E-state index contributed by atoms with van der Waals surface area (Å²) in [6.45, 7) is 2.03. The maximum absolute atomic E-state index is 13.2. The van der Waals surface area contributed by atoms with Crippen LogP contribution in [0.4, 0.5) is 11.4 Å². The molecule has 188 valence electrons. The minimum absolute atomic E-state index is 0.118. The molecule has 0 saturated heterocycles. The van der Waals surface area contributed by atoms with E-state index in [9.17, 15) is 14.4 Å². The maximum Gasteiger partial charge on any atom is 0.338 e. The second kappa shape index (κ2) is 10.8. The van der Waals surface area contributed by atoms with E-state index >= 15 is 0 Å². The van der Waals surface area contributed by atoms with Crippen LogP contribution in [0.1, 0.15) is 70.9 Å². The summed E-state index contributed by atoms with van der Waals surface area (Å²) in [5, 5.41) is 6.32. The number of benzene rings is 3. The number of ether oxygens (including phenoxy) is 1. The van der Waals surface area contributed by atoms with E-state index in [4.69, 9.17) is 4.74 Å². The molecule has 37 heavy (non-hydrogen) atoms. The van der Waals surface area contributed by atoms with Crippen molar-refractivity contribution in [1.82, 2.24) is 0 Å². The molecule has 1 amide bonds. The lowest BCUT2D eigenvalue weighted by Gasteiger charge is -2.20. The second-order valence-corrected chi connectivity index (χ2v) is 9.45. The van der Waals surface area contributed by atoms with Crippen LogP contribution >= 0.6 is 0 Å². The molecular weight excluding hydrogens is 464 g/mol. The smallest absolute Gasteiger partial charge is 0.338 e. The molecule has 0 unspecified atom stereocenters. The average Bonchev–Trinajstić information content (AvgIpc) is 3.27. The zero-order chi connectivity index (χ0) is 25.8. The van der Waals surface area contributed by atoms with Crippen molar-refractivity contribution in [2.45, 2.75) is 39.0 Å². The Morgan fingerprint density at radius 3 is 2.30 bits per heavy atom. The summed E-state index contributed by atoms with van der Waals surface area (Å²) in [6, 6.07) is 22.2. The quantitative estimate of drug-likeness (QED) is 0.221. The molecule has 5 rings (SSSR count). The van der Waals surface area contributed by atoms with Gasteiger partial charge in [0.1, 0.15) is 0 Å². The van der Waals surface area contributed by atoms with Gasteiger partial charge in [-0.05, 0) is 61.7 Å². The number of carbonyl (C=O) groups is 3. The minimum atomic E-state index is -0.429. The van der Waals surface area contributed by atoms with Gasteiger partial charge in [-0.2, -0.15) is 0 Å². The summed E-state index contributed by atoms with van der Waals surface area (Å²) >= 11 is 0. The third-order valence-corrected chi connectivity index (χ3v) is 7.00. The van der Waals surface area contributed by atoms with Crippen LogP contribution in [0.5, 0.6) is 0 Å². The summed E-state index contributed by atoms with van der Waals surface area (Å²) in [5.74, 6) is -0.352. The first-order valence-corrected chi connectivity index (χ1v) is 12.9. The second-order valence-electron chi connectivity index (χ2n) is 9.45. The highest BCUT2D eigenvalue weighted by Crippen LogP contribution is 2.38. The van der Waals surface area contributed by atoms with Gasteiger partial charge in [-0.25, -0.2) is 4.79 Å². The number of anilines is 2. The van der Waals surface area contributed by atoms with Crippen LogP contribution in [0.3, 0.4) is 0 Å². The predicted molar refractivity (Wildman–Crippen MR) is 145 cm³/mol. The molecule has 1 aliphatic heterocycles. The number of esters is 1. The van der Waals surface area contributed by atoms with E-state index < -0.39 is 5.97 Å². The Bertz CT molecular complexity index is 1350. The van der Waals surface area contributed by atoms with E-state index in [1.54, 1.807) is 25.1 Å². The molecule has 2 N–H and O–H groups in total. The van der Waals surface area contributed by atoms with Crippen LogP contribution in [0.2, 0.25) is 0 Å². The van der Waals surface area contributed by atoms with Crippen LogP contribution in [0, 0.1) is 5.92 Å². The molecule has 6 heteroatoms. The van der Waals surface area contributed by atoms with E-state index in [1.807, 2.05) is 54.6 Å². The fourth-order valence-electron chi connectivity index (χ4n) is 5.11. The number of amides is 1. The van der Waals surface area contributed by atoms with E-state index in [1.165, 1.54) is 6.42 Å². The van der Waals surface area contributed by atoms with E-state index in [0.29, 0.717) is 28.1 Å². The normalized spacial score (nSPS) is 16.5. The van der Waals surface area contributed by atoms with Crippen molar-refractivity contribution in [2.75, 3.05) is 17.2 Å². The van der Waals surface area contributed by atoms with Gasteiger partial charge in [0.15, 0.2) is 5.78 Å². The fourth-order valence-corrected chi connectivity index (χ4v) is 5.11. The van der Waals surface area contributed by atoms with Gasteiger partial charge in [0.05, 0.1) is 29.1 Å². The Labute approximate surface area is 216 Å². The summed E-state index contributed by atoms with van der Waals surface area (Å²) in [5.41, 5.74) is 5.12. The zero-order valence-corrected chi connectivity index (χ0v) is 20.9. The number of nitrogens with one attached hydrogen (secondary N) is 2. The van der Waals surface area contributed by atoms with Gasteiger partial charge in [-0.3, -0.25) is 9.59 Å². The number of hydrogen-bond donors (Lipinski definition) is 2. The Hall–Kier alpha value is -4.19. The molecular formula is C31H30N2O4. The Kier molecular flexibility index (Phi) is 7.17. The molecule has 1 aliphatic carbocycles. The van der Waals surface area contributed by atoms with Gasteiger partial charge in [-0.1, -0.05) is 55.7 Å². The van der Waals surface area contributed by atoms with Crippen molar-refractivity contribution in [3.05, 3.63) is 95.1 Å². The number of fused-ring (bicyclic) bond motifs is 1. The first kappa shape index (κ1) is 24.5. The highest BCUT2D eigenvalue weighted by molar-refractivity contribution is 6.37. The van der Waals surface area contributed by atoms with Crippen LogP contribution in [-0.4, -0.2) is 24.3 Å². The van der Waals surface area contributed by atoms with Gasteiger partial charge in [0.2, 0.25) is 0 Å². The Morgan fingerprint density at radius 2 is 1.59 bits per heavy atom. The summed E-state index contributed by atoms with van der Waals surface area (Å²) < 4.78 is 5.10. The van der Waals surface area contributed by atoms with E-state index in [2.05, 4.69) is 10.6 Å². The molecule has 6 nitrogen and oxygen atoms in total. The van der Waals surface area contributed by atoms with Crippen molar-refractivity contribution in [1.29, 1.82) is 0 Å². The predicted octanol–water partition coefficient (Wildman–Crippen LogP) is 6.56. The van der Waals surface area contributed by atoms with Gasteiger partial charge in [0.25, 0.3) is 5.91 Å². The molecule has 0 radical (unpaired) electrons. The number of ketones is 1. The molecule has 0 bridgehead atoms. The standard InChI is InChI=1S/C31H30N2O4/c1-2-37-31(36)23-15-18-25-26(19-23)33-30(35)27(25)28(20-9-5-3-6-10-20)32-24-16-13-22(14-17-24)29(34)21-11-7-4-8-12-21/h3,5-6,9-10,13-19,21,32H,2,4,7-8,11-12H2,1H3,(H,33,35)/b28-27-. The lowest BCUT2D eigenvalue weighted by atomic mass is 9.84. The minimum Gasteiger partial charge on any atom is -0.462 e. The molecule has 0 aromatic heterocycles. The van der Waals surface area contributed by atoms with Gasteiger partial charge in [0, 0.05) is 22.7 Å². The molecule has 3 aromatic rings. The van der Waals surface area contributed by atoms with E-state index in [0.717, 1.165) is 42.5 Å². The van der Waals surface area contributed by atoms with E-state index in [-0.39, 0.29) is 24.2 Å². The molecule has 0 atom stereocenters. The number of hydrogen-bond acceptors (Lipinski definition) is 5. The monoisotopic (exact) mass is 494 g/mol. The molecule has 3 aromatic carbocycles. The molecule has 2 aliphatic rings. The summed E-state index contributed by atoms with van der Waals surface area (Å²) in [7, 11) is 0. The first-order chi connectivity index (χ1) is 18.0. The van der Waals surface area contributed by atoms with Gasteiger partial charge >= 0.3 is 5.97 Å². The number of Topliss-reactive ketones (excluding diaryl/α,β-unsaturated/α-hetero) is 1. The van der Waals surface area contributed by atoms with Crippen molar-refractivity contribution < 1.29 is 19.1 Å². The Morgan fingerprint density at radius 1 is 0.892 bits per heavy atom. The highest BCUT2D eigenvalue weighted by atomic mass is 16.5. The van der Waals surface area contributed by atoms with Crippen molar-refractivity contribution in [2.24, 2.45) is 5.92 Å². The lowest BCUT2D eigenvalue weighted by Crippen LogP contribution is -2.17. The largest absolute Gasteiger partial charge is 0.462 e. The molecule has 1 fully saturated rings. The maximum atomic E-state index is 13.2. The highest BCUT2D eigenvalue weighted by Gasteiger charge is 2.29. The number of rotatable bonds is 7. The number of carbonyl (C=O) groups excluding carboxylic acids is 3. The third kappa shape index (κ3) is 5.19. The first-order valence-electron chi connectivity index (χ1n) is 12.9. The van der Waals surface area contributed by atoms with Crippen molar-refractivity contribution in [3.8, 4) is 0 Å². The topological polar surface area (TPSA) is 84.5 Å². The third-order valence-electron chi connectivity index (χ3n) is 7.00. The molecule has 0 spiro atoms. The zero-order valence-electron chi connectivity index (χ0n) is 20.9. The molecule has 1 heterocycles. The van der Waals surface area contributed by atoms with Crippen molar-refractivity contribution >= 4 is 40.3 Å². The average molecular weight is 495 g/mol. The SMILES string of the molecule is CCOC(=O)c1ccc2c(c1)NC(=O)/C2=C(\Nc1ccc(C(=O)C2CCCCC2)cc1)c1ccccc1. The van der Waals surface area contributed by atoms with Gasteiger partial charge in [-0.15, -0.1) is 0 Å². The van der Waals surface area contributed by atoms with Crippen LogP contribution in [0.25, 0.3) is 11.3 Å². The van der Waals surface area contributed by atoms with Crippen LogP contribution in [0.15, 0.2) is 72.8 Å².